The minimum absolute atomic E-state index is 0.212. The van der Waals surface area contributed by atoms with E-state index in [-0.39, 0.29) is 12.1 Å². The third-order valence-corrected chi connectivity index (χ3v) is 4.42. The summed E-state index contributed by atoms with van der Waals surface area (Å²) in [5.41, 5.74) is 0.905. The van der Waals surface area contributed by atoms with Crippen molar-refractivity contribution in [3.05, 3.63) is 17.5 Å². The van der Waals surface area contributed by atoms with E-state index in [0.717, 1.165) is 50.3 Å². The average Bonchev–Trinajstić information content (AvgIpc) is 3.20. The summed E-state index contributed by atoms with van der Waals surface area (Å²) in [5.74, 6) is 0.905. The van der Waals surface area contributed by atoms with E-state index in [4.69, 9.17) is 14.0 Å². The van der Waals surface area contributed by atoms with Crippen LogP contribution in [0.4, 0.5) is 0 Å². The van der Waals surface area contributed by atoms with Crippen molar-refractivity contribution < 1.29 is 19.1 Å². The summed E-state index contributed by atoms with van der Waals surface area (Å²) in [6.07, 6.45) is 4.08. The van der Waals surface area contributed by atoms with Crippen LogP contribution < -0.4 is 0 Å². The second kappa shape index (κ2) is 7.55. The molecular formula is C16H26N2O4. The van der Waals surface area contributed by atoms with Gasteiger partial charge in [0.15, 0.2) is 5.76 Å². The van der Waals surface area contributed by atoms with Crippen LogP contribution >= 0.6 is 0 Å². The lowest BCUT2D eigenvalue weighted by molar-refractivity contribution is -0.0268. The van der Waals surface area contributed by atoms with Gasteiger partial charge in [0, 0.05) is 19.2 Å². The van der Waals surface area contributed by atoms with E-state index < -0.39 is 6.10 Å². The number of aromatic nitrogens is 1. The number of aliphatic hydroxyl groups excluding tert-OH is 1. The Morgan fingerprint density at radius 1 is 1.45 bits per heavy atom. The summed E-state index contributed by atoms with van der Waals surface area (Å²) in [7, 11) is 0. The number of aliphatic hydroxyl groups is 1. The Morgan fingerprint density at radius 3 is 3.09 bits per heavy atom. The van der Waals surface area contributed by atoms with E-state index in [0.29, 0.717) is 19.8 Å². The van der Waals surface area contributed by atoms with Gasteiger partial charge in [-0.25, -0.2) is 0 Å². The third kappa shape index (κ3) is 4.07. The van der Waals surface area contributed by atoms with Crippen LogP contribution in [-0.2, 0) is 9.47 Å². The lowest BCUT2D eigenvalue weighted by atomic mass is 10.1. The van der Waals surface area contributed by atoms with Gasteiger partial charge in [-0.05, 0) is 39.2 Å². The van der Waals surface area contributed by atoms with Crippen molar-refractivity contribution in [2.45, 2.75) is 50.9 Å². The monoisotopic (exact) mass is 310 g/mol. The first-order valence-corrected chi connectivity index (χ1v) is 8.27. The maximum atomic E-state index is 10.2. The highest BCUT2D eigenvalue weighted by Gasteiger charge is 2.30. The molecule has 2 aliphatic heterocycles. The molecule has 22 heavy (non-hydrogen) atoms. The molecule has 2 saturated heterocycles. The number of rotatable bonds is 7. The van der Waals surface area contributed by atoms with Crippen LogP contribution in [0.25, 0.3) is 0 Å². The molecule has 124 valence electrons. The maximum Gasteiger partial charge on any atom is 0.154 e. The average molecular weight is 310 g/mol. The summed E-state index contributed by atoms with van der Waals surface area (Å²) in [4.78, 5) is 2.26. The van der Waals surface area contributed by atoms with Gasteiger partial charge < -0.3 is 19.1 Å². The zero-order valence-corrected chi connectivity index (χ0v) is 13.2. The van der Waals surface area contributed by atoms with Gasteiger partial charge in [0.1, 0.15) is 0 Å². The number of hydrogen-bond acceptors (Lipinski definition) is 6. The first-order chi connectivity index (χ1) is 10.7. The second-order valence-corrected chi connectivity index (χ2v) is 6.35. The van der Waals surface area contributed by atoms with E-state index in [1.54, 1.807) is 0 Å². The van der Waals surface area contributed by atoms with E-state index in [1.165, 1.54) is 0 Å². The predicted molar refractivity (Wildman–Crippen MR) is 80.6 cm³/mol. The highest BCUT2D eigenvalue weighted by atomic mass is 16.5. The zero-order valence-electron chi connectivity index (χ0n) is 13.2. The summed E-state index contributed by atoms with van der Waals surface area (Å²) < 4.78 is 16.5. The summed E-state index contributed by atoms with van der Waals surface area (Å²) in [5, 5.41) is 14.2. The molecule has 0 unspecified atom stereocenters. The van der Waals surface area contributed by atoms with Crippen molar-refractivity contribution in [1.82, 2.24) is 10.1 Å². The lowest BCUT2D eigenvalue weighted by Gasteiger charge is -2.25. The van der Waals surface area contributed by atoms with Crippen LogP contribution in [0, 0.1) is 6.92 Å². The minimum atomic E-state index is -0.481. The largest absolute Gasteiger partial charge is 0.389 e. The molecule has 3 heterocycles. The smallest absolute Gasteiger partial charge is 0.154 e. The quantitative estimate of drug-likeness (QED) is 0.826. The van der Waals surface area contributed by atoms with Crippen LogP contribution in [0.2, 0.25) is 0 Å². The number of aryl methyl sites for hydroxylation is 1. The topological polar surface area (TPSA) is 68.0 Å². The molecule has 2 fully saturated rings. The molecule has 0 bridgehead atoms. The third-order valence-electron chi connectivity index (χ3n) is 4.42. The standard InChI is InChI=1S/C16H26N2O4/c1-12-8-16(22-17-12)15-5-2-6-18(15)9-13(19)10-20-11-14-4-3-7-21-14/h8,13-15,19H,2-7,9-11H2,1H3/t13-,14+,15-/m0/s1. The Kier molecular flexibility index (Phi) is 5.46. The number of ether oxygens (including phenoxy) is 2. The van der Waals surface area contributed by atoms with E-state index in [9.17, 15) is 5.11 Å². The molecule has 6 heteroatoms. The summed E-state index contributed by atoms with van der Waals surface area (Å²) in [6, 6.07) is 2.22. The molecule has 1 aromatic heterocycles. The number of β-amino-alcohol motifs (C(OH)–C–C–N with tert-alkyl or cyclic N) is 1. The molecule has 1 aromatic rings. The predicted octanol–water partition coefficient (Wildman–Crippen LogP) is 1.68. The number of nitrogens with zero attached hydrogens (tertiary/aromatic N) is 2. The van der Waals surface area contributed by atoms with Crippen LogP contribution in [-0.4, -0.2) is 60.3 Å². The van der Waals surface area contributed by atoms with Crippen molar-refractivity contribution in [3.8, 4) is 0 Å². The van der Waals surface area contributed by atoms with Crippen molar-refractivity contribution in [2.24, 2.45) is 0 Å². The van der Waals surface area contributed by atoms with Gasteiger partial charge in [-0.3, -0.25) is 4.90 Å². The number of likely N-dealkylation sites (tertiary alicyclic amines) is 1. The second-order valence-electron chi connectivity index (χ2n) is 6.35. The Balaban J connectivity index is 1.42. The SMILES string of the molecule is Cc1cc([C@@H]2CCCN2C[C@H](O)COC[C@H]2CCCO2)on1. The highest BCUT2D eigenvalue weighted by Crippen LogP contribution is 2.32. The van der Waals surface area contributed by atoms with Crippen molar-refractivity contribution in [3.63, 3.8) is 0 Å². The molecule has 0 spiro atoms. The fourth-order valence-electron chi connectivity index (χ4n) is 3.34. The van der Waals surface area contributed by atoms with Crippen LogP contribution in [0.15, 0.2) is 10.6 Å². The van der Waals surface area contributed by atoms with Gasteiger partial charge in [-0.1, -0.05) is 5.16 Å². The molecule has 0 saturated carbocycles. The van der Waals surface area contributed by atoms with Crippen LogP contribution in [0.5, 0.6) is 0 Å². The molecule has 0 radical (unpaired) electrons. The van der Waals surface area contributed by atoms with E-state index >= 15 is 0 Å². The highest BCUT2D eigenvalue weighted by molar-refractivity contribution is 5.09. The van der Waals surface area contributed by atoms with Crippen molar-refractivity contribution in [2.75, 3.05) is 32.9 Å². The van der Waals surface area contributed by atoms with Gasteiger partial charge in [0.25, 0.3) is 0 Å². The van der Waals surface area contributed by atoms with Crippen LogP contribution in [0.1, 0.15) is 43.2 Å². The fraction of sp³-hybridized carbons (Fsp3) is 0.812. The molecule has 1 N–H and O–H groups in total. The van der Waals surface area contributed by atoms with Crippen molar-refractivity contribution in [1.29, 1.82) is 0 Å². The Hall–Kier alpha value is -0.950. The molecular weight excluding hydrogens is 284 g/mol. The normalized spacial score (nSPS) is 27.5. The minimum Gasteiger partial charge on any atom is -0.389 e. The van der Waals surface area contributed by atoms with Gasteiger partial charge >= 0.3 is 0 Å². The molecule has 2 aliphatic rings. The first-order valence-electron chi connectivity index (χ1n) is 8.27. The zero-order chi connectivity index (χ0) is 15.4. The molecule has 6 nitrogen and oxygen atoms in total. The summed E-state index contributed by atoms with van der Waals surface area (Å²) >= 11 is 0. The Labute approximate surface area is 131 Å². The molecule has 3 rings (SSSR count). The van der Waals surface area contributed by atoms with Gasteiger partial charge in [0.2, 0.25) is 0 Å². The Bertz CT molecular complexity index is 459. The van der Waals surface area contributed by atoms with Gasteiger partial charge in [-0.2, -0.15) is 0 Å². The van der Waals surface area contributed by atoms with E-state index in [1.807, 2.05) is 13.0 Å². The lowest BCUT2D eigenvalue weighted by Crippen LogP contribution is -2.35. The van der Waals surface area contributed by atoms with Crippen LogP contribution in [0.3, 0.4) is 0 Å². The van der Waals surface area contributed by atoms with E-state index in [2.05, 4.69) is 10.1 Å². The Morgan fingerprint density at radius 2 is 2.36 bits per heavy atom. The molecule has 3 atom stereocenters. The van der Waals surface area contributed by atoms with Gasteiger partial charge in [0.05, 0.1) is 37.2 Å². The molecule has 0 aromatic carbocycles. The number of hydrogen-bond donors (Lipinski definition) is 1. The molecule has 0 amide bonds. The maximum absolute atomic E-state index is 10.2. The van der Waals surface area contributed by atoms with Gasteiger partial charge in [-0.15, -0.1) is 0 Å². The summed E-state index contributed by atoms with van der Waals surface area (Å²) in [6.45, 7) is 5.30. The first kappa shape index (κ1) is 15.9. The van der Waals surface area contributed by atoms with Crippen molar-refractivity contribution >= 4 is 0 Å². The molecule has 0 aliphatic carbocycles. The fourth-order valence-corrected chi connectivity index (χ4v) is 3.34.